The molecule has 0 amide bonds. The maximum absolute atomic E-state index is 5.25. The largest absolute Gasteiger partial charge is 0.334 e. The monoisotopic (exact) mass is 264 g/mol. The van der Waals surface area contributed by atoms with E-state index in [1.54, 1.807) is 6.20 Å². The Morgan fingerprint density at radius 2 is 2.10 bits per heavy atom. The van der Waals surface area contributed by atoms with E-state index < -0.39 is 0 Å². The first-order chi connectivity index (χ1) is 9.90. The lowest BCUT2D eigenvalue weighted by atomic mass is 10.1. The zero-order valence-electron chi connectivity index (χ0n) is 10.2. The highest BCUT2D eigenvalue weighted by molar-refractivity contribution is 5.82. The van der Waals surface area contributed by atoms with Crippen molar-refractivity contribution in [2.75, 3.05) is 0 Å². The predicted molar refractivity (Wildman–Crippen MR) is 70.4 cm³/mol. The molecule has 1 aromatic carbocycles. The lowest BCUT2D eigenvalue weighted by Gasteiger charge is -1.98. The zero-order chi connectivity index (χ0) is 13.4. The van der Waals surface area contributed by atoms with Crippen molar-refractivity contribution in [3.8, 4) is 23.1 Å². The number of pyridine rings is 1. The molecule has 4 rings (SSSR count). The number of H-pyrrole nitrogens is 1. The van der Waals surface area contributed by atoms with E-state index in [9.17, 15) is 0 Å². The molecule has 0 aliphatic heterocycles. The Hall–Kier alpha value is -3.09. The summed E-state index contributed by atoms with van der Waals surface area (Å²) in [5, 5.41) is 11.3. The number of benzene rings is 1. The van der Waals surface area contributed by atoms with Gasteiger partial charge in [0.25, 0.3) is 5.89 Å². The average Bonchev–Trinajstić information content (AvgIpc) is 3.17. The van der Waals surface area contributed by atoms with Crippen LogP contribution >= 0.6 is 0 Å². The van der Waals surface area contributed by atoms with Crippen LogP contribution in [0.1, 0.15) is 0 Å². The Morgan fingerprint density at radius 1 is 1.10 bits per heavy atom. The van der Waals surface area contributed by atoms with Gasteiger partial charge in [0, 0.05) is 17.1 Å². The fraction of sp³-hybridized carbons (Fsp3) is 0. The molecule has 0 aliphatic rings. The Morgan fingerprint density at radius 3 is 3.00 bits per heavy atom. The molecule has 0 fully saturated rings. The third-order valence-electron chi connectivity index (χ3n) is 2.90. The molecule has 0 spiro atoms. The number of nitrogens with zero attached hydrogens (tertiary/aromatic N) is 5. The van der Waals surface area contributed by atoms with Crippen LogP contribution in [0.15, 0.2) is 47.4 Å². The highest BCUT2D eigenvalue weighted by atomic mass is 16.5. The topological polar surface area (TPSA) is 93.4 Å². The van der Waals surface area contributed by atoms with Crippen LogP contribution in [-0.2, 0) is 0 Å². The minimum Gasteiger partial charge on any atom is -0.334 e. The Bertz CT molecular complexity index is 867. The third kappa shape index (κ3) is 1.72. The molecule has 1 N–H and O–H groups in total. The van der Waals surface area contributed by atoms with Crippen molar-refractivity contribution in [3.05, 3.63) is 42.9 Å². The summed E-state index contributed by atoms with van der Waals surface area (Å²) >= 11 is 0. The SMILES string of the molecule is c1cnc2ccc(-c3nc(-c4ncn[nH]4)no3)cc2c1. The first-order valence-electron chi connectivity index (χ1n) is 5.95. The zero-order valence-corrected chi connectivity index (χ0v) is 10.2. The predicted octanol–water partition coefficient (Wildman–Crippen LogP) is 2.07. The second-order valence-corrected chi connectivity index (χ2v) is 4.17. The maximum atomic E-state index is 5.25. The van der Waals surface area contributed by atoms with E-state index >= 15 is 0 Å². The fourth-order valence-electron chi connectivity index (χ4n) is 1.96. The van der Waals surface area contributed by atoms with Gasteiger partial charge in [-0.25, -0.2) is 4.98 Å². The van der Waals surface area contributed by atoms with Crippen LogP contribution in [-0.4, -0.2) is 30.3 Å². The van der Waals surface area contributed by atoms with Crippen molar-refractivity contribution in [1.29, 1.82) is 0 Å². The number of aromatic amines is 1. The summed E-state index contributed by atoms with van der Waals surface area (Å²) < 4.78 is 5.25. The van der Waals surface area contributed by atoms with E-state index in [4.69, 9.17) is 4.52 Å². The smallest absolute Gasteiger partial charge is 0.258 e. The van der Waals surface area contributed by atoms with Crippen molar-refractivity contribution in [3.63, 3.8) is 0 Å². The molecule has 0 aliphatic carbocycles. The third-order valence-corrected chi connectivity index (χ3v) is 2.90. The van der Waals surface area contributed by atoms with Gasteiger partial charge in [0.2, 0.25) is 5.82 Å². The van der Waals surface area contributed by atoms with E-state index in [2.05, 4.69) is 30.3 Å². The van der Waals surface area contributed by atoms with Gasteiger partial charge in [-0.3, -0.25) is 10.1 Å². The molecule has 0 radical (unpaired) electrons. The van der Waals surface area contributed by atoms with E-state index in [1.165, 1.54) is 6.33 Å². The highest BCUT2D eigenvalue weighted by Crippen LogP contribution is 2.23. The van der Waals surface area contributed by atoms with Crippen molar-refractivity contribution in [1.82, 2.24) is 30.3 Å². The number of rotatable bonds is 2. The molecule has 7 nitrogen and oxygen atoms in total. The number of hydrogen-bond donors (Lipinski definition) is 1. The van der Waals surface area contributed by atoms with Crippen LogP contribution in [0.5, 0.6) is 0 Å². The fourth-order valence-corrected chi connectivity index (χ4v) is 1.96. The van der Waals surface area contributed by atoms with Crippen molar-refractivity contribution in [2.45, 2.75) is 0 Å². The van der Waals surface area contributed by atoms with Crippen LogP contribution in [0.2, 0.25) is 0 Å². The van der Waals surface area contributed by atoms with Crippen molar-refractivity contribution < 1.29 is 4.52 Å². The molecule has 20 heavy (non-hydrogen) atoms. The Labute approximate surface area is 112 Å². The first-order valence-corrected chi connectivity index (χ1v) is 5.95. The highest BCUT2D eigenvalue weighted by Gasteiger charge is 2.12. The summed E-state index contributed by atoms with van der Waals surface area (Å²) in [7, 11) is 0. The van der Waals surface area contributed by atoms with Gasteiger partial charge in [-0.15, -0.1) is 0 Å². The molecule has 3 aromatic heterocycles. The van der Waals surface area contributed by atoms with Gasteiger partial charge in [-0.05, 0) is 24.3 Å². The summed E-state index contributed by atoms with van der Waals surface area (Å²) in [4.78, 5) is 12.6. The molecule has 4 aromatic rings. The first kappa shape index (κ1) is 10.8. The molecule has 7 heteroatoms. The molecule has 0 atom stereocenters. The second-order valence-electron chi connectivity index (χ2n) is 4.17. The second kappa shape index (κ2) is 4.23. The summed E-state index contributed by atoms with van der Waals surface area (Å²) in [5.74, 6) is 1.29. The van der Waals surface area contributed by atoms with Crippen molar-refractivity contribution >= 4 is 10.9 Å². The van der Waals surface area contributed by atoms with Gasteiger partial charge >= 0.3 is 0 Å². The molecular formula is C13H8N6O. The number of aromatic nitrogens is 6. The van der Waals surface area contributed by atoms with Crippen LogP contribution < -0.4 is 0 Å². The minimum atomic E-state index is 0.379. The summed E-state index contributed by atoms with van der Waals surface area (Å²) in [5.41, 5.74) is 1.76. The lowest BCUT2D eigenvalue weighted by Crippen LogP contribution is -1.84. The summed E-state index contributed by atoms with van der Waals surface area (Å²) in [6, 6.07) is 9.65. The van der Waals surface area contributed by atoms with Gasteiger partial charge in [0.15, 0.2) is 5.82 Å². The lowest BCUT2D eigenvalue weighted by molar-refractivity contribution is 0.432. The van der Waals surface area contributed by atoms with Crippen LogP contribution in [0.25, 0.3) is 34.0 Å². The van der Waals surface area contributed by atoms with E-state index in [0.29, 0.717) is 17.5 Å². The summed E-state index contributed by atoms with van der Waals surface area (Å²) in [6.07, 6.45) is 3.16. The standard InChI is InChI=1S/C13H8N6O/c1-2-8-6-9(3-4-10(8)14-5-1)13-17-12(19-20-13)11-15-7-16-18-11/h1-7H,(H,15,16,18). The molecule has 96 valence electrons. The molecular weight excluding hydrogens is 256 g/mol. The maximum Gasteiger partial charge on any atom is 0.258 e. The van der Waals surface area contributed by atoms with Crippen LogP contribution in [0.4, 0.5) is 0 Å². The molecule has 0 bridgehead atoms. The number of hydrogen-bond acceptors (Lipinski definition) is 6. The normalized spacial score (nSPS) is 11.0. The van der Waals surface area contributed by atoms with Crippen LogP contribution in [0.3, 0.4) is 0 Å². The molecule has 0 unspecified atom stereocenters. The van der Waals surface area contributed by atoms with Crippen LogP contribution in [0, 0.1) is 0 Å². The van der Waals surface area contributed by atoms with E-state index in [1.807, 2.05) is 30.3 Å². The van der Waals surface area contributed by atoms with E-state index in [-0.39, 0.29) is 0 Å². The Kier molecular flexibility index (Phi) is 2.28. The number of fused-ring (bicyclic) bond motifs is 1. The van der Waals surface area contributed by atoms with Gasteiger partial charge in [-0.2, -0.15) is 10.1 Å². The Balaban J connectivity index is 1.79. The van der Waals surface area contributed by atoms with Gasteiger partial charge in [-0.1, -0.05) is 11.2 Å². The minimum absolute atomic E-state index is 0.379. The van der Waals surface area contributed by atoms with Gasteiger partial charge in [0.1, 0.15) is 6.33 Å². The average molecular weight is 264 g/mol. The molecule has 0 saturated carbocycles. The quantitative estimate of drug-likeness (QED) is 0.595. The van der Waals surface area contributed by atoms with Gasteiger partial charge in [0.05, 0.1) is 5.52 Å². The van der Waals surface area contributed by atoms with Gasteiger partial charge < -0.3 is 4.52 Å². The number of nitrogens with one attached hydrogen (secondary N) is 1. The van der Waals surface area contributed by atoms with Crippen molar-refractivity contribution in [2.24, 2.45) is 0 Å². The molecule has 3 heterocycles. The van der Waals surface area contributed by atoms with E-state index in [0.717, 1.165) is 16.5 Å². The summed E-state index contributed by atoms with van der Waals surface area (Å²) in [6.45, 7) is 0. The molecule has 0 saturated heterocycles.